The van der Waals surface area contributed by atoms with E-state index in [1.807, 2.05) is 0 Å². The van der Waals surface area contributed by atoms with Crippen molar-refractivity contribution in [3.05, 3.63) is 34.9 Å². The van der Waals surface area contributed by atoms with Crippen LogP contribution in [0, 0.1) is 0 Å². The van der Waals surface area contributed by atoms with Gasteiger partial charge in [-0.3, -0.25) is 4.79 Å². The maximum Gasteiger partial charge on any atom is 0.416 e. The van der Waals surface area contributed by atoms with E-state index in [0.717, 1.165) is 12.1 Å². The first kappa shape index (κ1) is 14.9. The van der Waals surface area contributed by atoms with Gasteiger partial charge in [0.25, 0.3) is 6.43 Å². The second kappa shape index (κ2) is 5.65. The number of hydrogen-bond acceptors (Lipinski definition) is 1. The molecule has 18 heavy (non-hydrogen) atoms. The Morgan fingerprint density at radius 2 is 1.89 bits per heavy atom. The molecule has 0 radical (unpaired) electrons. The summed E-state index contributed by atoms with van der Waals surface area (Å²) in [7, 11) is 0. The summed E-state index contributed by atoms with van der Waals surface area (Å²) in [6.45, 7) is 0. The summed E-state index contributed by atoms with van der Waals surface area (Å²) in [5.41, 5.74) is -3.39. The fourth-order valence-corrected chi connectivity index (χ4v) is 1.68. The third-order valence-corrected chi connectivity index (χ3v) is 2.44. The molecule has 0 bridgehead atoms. The minimum absolute atomic E-state index is 0.141. The molecular weight excluding hydrogens is 279 g/mol. The number of halogens is 6. The molecule has 0 aliphatic rings. The van der Waals surface area contributed by atoms with Gasteiger partial charge < -0.3 is 0 Å². The Kier molecular flexibility index (Phi) is 4.67. The second-order valence-corrected chi connectivity index (χ2v) is 3.81. The molecule has 0 spiro atoms. The van der Waals surface area contributed by atoms with E-state index in [4.69, 9.17) is 11.6 Å². The summed E-state index contributed by atoms with van der Waals surface area (Å²) in [6.07, 6.45) is -8.59. The first-order chi connectivity index (χ1) is 8.29. The minimum Gasteiger partial charge on any atom is -0.294 e. The van der Waals surface area contributed by atoms with E-state index >= 15 is 0 Å². The molecule has 0 heterocycles. The predicted octanol–water partition coefficient (Wildman–Crippen LogP) is 4.45. The lowest BCUT2D eigenvalue weighted by Gasteiger charge is -2.15. The summed E-state index contributed by atoms with van der Waals surface area (Å²) in [4.78, 5) is 11.5. The van der Waals surface area contributed by atoms with Gasteiger partial charge in [0.2, 0.25) is 0 Å². The third-order valence-electron chi connectivity index (χ3n) is 2.25. The van der Waals surface area contributed by atoms with Crippen LogP contribution in [0.15, 0.2) is 18.2 Å². The zero-order chi connectivity index (χ0) is 13.9. The zero-order valence-electron chi connectivity index (χ0n) is 8.90. The Labute approximate surface area is 105 Å². The van der Waals surface area contributed by atoms with Crippen LogP contribution in [0.2, 0.25) is 0 Å². The van der Waals surface area contributed by atoms with Gasteiger partial charge in [0.05, 0.1) is 5.56 Å². The molecule has 0 aromatic heterocycles. The molecule has 0 fully saturated rings. The van der Waals surface area contributed by atoms with Crippen LogP contribution in [-0.2, 0) is 6.18 Å². The van der Waals surface area contributed by atoms with Crippen molar-refractivity contribution in [3.8, 4) is 0 Å². The van der Waals surface area contributed by atoms with Gasteiger partial charge in [-0.15, -0.1) is 11.6 Å². The van der Waals surface area contributed by atoms with Gasteiger partial charge in [-0.1, -0.05) is 12.1 Å². The van der Waals surface area contributed by atoms with Crippen LogP contribution in [0.5, 0.6) is 0 Å². The van der Waals surface area contributed by atoms with Crippen LogP contribution in [0.1, 0.15) is 34.3 Å². The first-order valence-electron chi connectivity index (χ1n) is 4.86. The number of alkyl halides is 6. The molecule has 0 unspecified atom stereocenters. The Bertz CT molecular complexity index is 442. The molecule has 0 aliphatic heterocycles. The lowest BCUT2D eigenvalue weighted by atomic mass is 9.97. The fourth-order valence-electron chi connectivity index (χ4n) is 1.51. The number of carbonyl (C=O) groups excluding carboxylic acids is 1. The number of Topliss-reactive ketones (excluding diaryl/α,β-unsaturated/α-hetero) is 1. The summed E-state index contributed by atoms with van der Waals surface area (Å²) in [5, 5.41) is 0. The van der Waals surface area contributed by atoms with Crippen LogP contribution >= 0.6 is 11.6 Å². The van der Waals surface area contributed by atoms with Crippen LogP contribution in [-0.4, -0.2) is 11.7 Å². The van der Waals surface area contributed by atoms with E-state index < -0.39 is 35.1 Å². The molecule has 1 aromatic rings. The largest absolute Gasteiger partial charge is 0.416 e. The van der Waals surface area contributed by atoms with Gasteiger partial charge in [0, 0.05) is 23.4 Å². The molecule has 0 saturated carbocycles. The van der Waals surface area contributed by atoms with E-state index in [9.17, 15) is 26.7 Å². The third kappa shape index (κ3) is 3.19. The zero-order valence-corrected chi connectivity index (χ0v) is 9.66. The molecule has 1 rings (SSSR count). The molecule has 0 saturated heterocycles. The number of benzene rings is 1. The lowest BCUT2D eigenvalue weighted by molar-refractivity contribution is -0.139. The number of carbonyl (C=O) groups is 1. The first-order valence-corrected chi connectivity index (χ1v) is 5.40. The van der Waals surface area contributed by atoms with E-state index in [0.29, 0.717) is 6.07 Å². The lowest BCUT2D eigenvalue weighted by Crippen LogP contribution is -2.14. The predicted molar refractivity (Wildman–Crippen MR) is 56.1 cm³/mol. The van der Waals surface area contributed by atoms with Crippen molar-refractivity contribution >= 4 is 17.4 Å². The number of ketones is 1. The van der Waals surface area contributed by atoms with Gasteiger partial charge in [-0.2, -0.15) is 13.2 Å². The SMILES string of the molecule is O=C(CCCl)c1cccc(C(F)(F)F)c1C(F)F. The monoisotopic (exact) mass is 286 g/mol. The van der Waals surface area contributed by atoms with Crippen molar-refractivity contribution in [2.45, 2.75) is 19.0 Å². The molecule has 0 N–H and O–H groups in total. The summed E-state index contributed by atoms with van der Waals surface area (Å²) in [5.74, 6) is -0.969. The summed E-state index contributed by atoms with van der Waals surface area (Å²) < 4.78 is 63.2. The smallest absolute Gasteiger partial charge is 0.294 e. The molecule has 100 valence electrons. The van der Waals surface area contributed by atoms with Gasteiger partial charge in [0.15, 0.2) is 5.78 Å². The Balaban J connectivity index is 3.40. The van der Waals surface area contributed by atoms with Crippen molar-refractivity contribution < 1.29 is 26.7 Å². The highest BCUT2D eigenvalue weighted by atomic mass is 35.5. The van der Waals surface area contributed by atoms with Gasteiger partial charge in [0.1, 0.15) is 0 Å². The van der Waals surface area contributed by atoms with E-state index in [1.165, 1.54) is 0 Å². The van der Waals surface area contributed by atoms with E-state index in [2.05, 4.69) is 0 Å². The van der Waals surface area contributed by atoms with Gasteiger partial charge >= 0.3 is 6.18 Å². The average molecular weight is 287 g/mol. The molecule has 7 heteroatoms. The highest BCUT2D eigenvalue weighted by Crippen LogP contribution is 2.38. The second-order valence-electron chi connectivity index (χ2n) is 3.43. The molecule has 0 atom stereocenters. The highest BCUT2D eigenvalue weighted by Gasteiger charge is 2.37. The Morgan fingerprint density at radius 1 is 1.28 bits per heavy atom. The van der Waals surface area contributed by atoms with Crippen LogP contribution in [0.4, 0.5) is 22.0 Å². The topological polar surface area (TPSA) is 17.1 Å². The van der Waals surface area contributed by atoms with Crippen molar-refractivity contribution in [2.24, 2.45) is 0 Å². The number of rotatable bonds is 4. The van der Waals surface area contributed by atoms with Gasteiger partial charge in [-0.05, 0) is 6.07 Å². The highest BCUT2D eigenvalue weighted by molar-refractivity contribution is 6.19. The van der Waals surface area contributed by atoms with Crippen molar-refractivity contribution in [1.82, 2.24) is 0 Å². The van der Waals surface area contributed by atoms with Crippen molar-refractivity contribution in [1.29, 1.82) is 0 Å². The maximum absolute atomic E-state index is 12.7. The molecule has 0 aliphatic carbocycles. The maximum atomic E-state index is 12.7. The Hall–Kier alpha value is -1.17. The van der Waals surface area contributed by atoms with Crippen LogP contribution in [0.3, 0.4) is 0 Å². The van der Waals surface area contributed by atoms with E-state index in [1.54, 1.807) is 0 Å². The normalized spacial score (nSPS) is 11.9. The van der Waals surface area contributed by atoms with Crippen molar-refractivity contribution in [2.75, 3.05) is 5.88 Å². The molecule has 0 amide bonds. The summed E-state index contributed by atoms with van der Waals surface area (Å²) >= 11 is 5.28. The number of hydrogen-bond donors (Lipinski definition) is 0. The standard InChI is InChI=1S/C11H8ClF5O/c12-5-4-8(18)6-2-1-3-7(11(15,16)17)9(6)10(13)14/h1-3,10H,4-5H2. The quantitative estimate of drug-likeness (QED) is 0.454. The van der Waals surface area contributed by atoms with Gasteiger partial charge in [-0.25, -0.2) is 8.78 Å². The molecule has 1 aromatic carbocycles. The average Bonchev–Trinajstić information content (AvgIpc) is 2.27. The van der Waals surface area contributed by atoms with Crippen LogP contribution < -0.4 is 0 Å². The minimum atomic E-state index is -4.93. The molecule has 1 nitrogen and oxygen atoms in total. The van der Waals surface area contributed by atoms with Crippen molar-refractivity contribution in [3.63, 3.8) is 0 Å². The fraction of sp³-hybridized carbons (Fsp3) is 0.364. The molecular formula is C11H8ClF5O. The van der Waals surface area contributed by atoms with E-state index in [-0.39, 0.29) is 12.3 Å². The van der Waals surface area contributed by atoms with Crippen LogP contribution in [0.25, 0.3) is 0 Å². The Morgan fingerprint density at radius 3 is 2.33 bits per heavy atom. The summed E-state index contributed by atoms with van der Waals surface area (Å²) in [6, 6.07) is 2.40.